The van der Waals surface area contributed by atoms with Gasteiger partial charge in [-0.05, 0) is 31.2 Å². The third-order valence-electron chi connectivity index (χ3n) is 3.53. The maximum absolute atomic E-state index is 13.2. The molecule has 0 saturated carbocycles. The number of aromatic nitrogens is 1. The monoisotopic (exact) mass is 346 g/mol. The van der Waals surface area contributed by atoms with Gasteiger partial charge in [-0.2, -0.15) is 4.72 Å². The van der Waals surface area contributed by atoms with Crippen molar-refractivity contribution < 1.29 is 27.1 Å². The average Bonchev–Trinajstić information content (AvgIpc) is 2.78. The number of benzene rings is 1. The van der Waals surface area contributed by atoms with E-state index in [0.29, 0.717) is 5.39 Å². The molecule has 0 radical (unpaired) electrons. The van der Waals surface area contributed by atoms with Gasteiger partial charge in [0.15, 0.2) is 0 Å². The van der Waals surface area contributed by atoms with Crippen molar-refractivity contribution in [3.05, 3.63) is 30.5 Å². The fourth-order valence-electron chi connectivity index (χ4n) is 2.26. The molecule has 0 bridgehead atoms. The summed E-state index contributed by atoms with van der Waals surface area (Å²) in [6.07, 6.45) is -2.46. The zero-order chi connectivity index (χ0) is 17.4. The molecule has 0 amide bonds. The van der Waals surface area contributed by atoms with Crippen molar-refractivity contribution in [3.63, 3.8) is 0 Å². The van der Waals surface area contributed by atoms with Crippen LogP contribution < -0.4 is 4.72 Å². The van der Waals surface area contributed by atoms with Gasteiger partial charge in [-0.15, -0.1) is 0 Å². The molecule has 2 aromatic rings. The molecule has 9 heteroatoms. The second kappa shape index (κ2) is 5.89. The van der Waals surface area contributed by atoms with Crippen LogP contribution in [-0.2, 0) is 21.9 Å². The topological polar surface area (TPSA) is 88.4 Å². The zero-order valence-corrected chi connectivity index (χ0v) is 13.3. The van der Waals surface area contributed by atoms with E-state index in [9.17, 15) is 22.0 Å². The fourth-order valence-corrected chi connectivity index (χ4v) is 3.69. The van der Waals surface area contributed by atoms with E-state index < -0.39 is 34.4 Å². The number of aliphatic carboxylic acids is 1. The molecule has 1 atom stereocenters. The van der Waals surface area contributed by atoms with E-state index in [-0.39, 0.29) is 4.90 Å². The van der Waals surface area contributed by atoms with Crippen LogP contribution in [0.15, 0.2) is 35.4 Å². The lowest BCUT2D eigenvalue weighted by Gasteiger charge is -2.27. The highest BCUT2D eigenvalue weighted by atomic mass is 32.2. The van der Waals surface area contributed by atoms with Gasteiger partial charge in [0, 0.05) is 24.1 Å². The highest BCUT2D eigenvalue weighted by molar-refractivity contribution is 7.89. The lowest BCUT2D eigenvalue weighted by Crippen LogP contribution is -2.52. The molecule has 1 heterocycles. The first-order chi connectivity index (χ1) is 10.5. The number of aryl methyl sites for hydroxylation is 1. The largest absolute Gasteiger partial charge is 0.481 e. The van der Waals surface area contributed by atoms with E-state index >= 15 is 0 Å². The lowest BCUT2D eigenvalue weighted by molar-refractivity contribution is -0.140. The third-order valence-corrected chi connectivity index (χ3v) is 5.14. The summed E-state index contributed by atoms with van der Waals surface area (Å²) in [5.41, 5.74) is -1.61. The van der Waals surface area contributed by atoms with Gasteiger partial charge in [-0.25, -0.2) is 17.2 Å². The van der Waals surface area contributed by atoms with E-state index in [1.54, 1.807) is 29.9 Å². The number of alkyl halides is 2. The smallest absolute Gasteiger partial charge is 0.305 e. The highest BCUT2D eigenvalue weighted by Gasteiger charge is 2.41. The van der Waals surface area contributed by atoms with Crippen LogP contribution in [0, 0.1) is 0 Å². The van der Waals surface area contributed by atoms with Crippen molar-refractivity contribution in [2.75, 3.05) is 0 Å². The second-order valence-corrected chi connectivity index (χ2v) is 7.22. The number of nitrogens with one attached hydrogen (secondary N) is 1. The molecule has 1 unspecified atom stereocenters. The molecule has 0 aliphatic heterocycles. The zero-order valence-electron chi connectivity index (χ0n) is 12.5. The number of nitrogens with zero attached hydrogens (tertiary/aromatic N) is 1. The predicted molar refractivity (Wildman–Crippen MR) is 79.9 cm³/mol. The van der Waals surface area contributed by atoms with Crippen molar-refractivity contribution in [1.82, 2.24) is 9.29 Å². The summed E-state index contributed by atoms with van der Waals surface area (Å²) in [6, 6.07) is 5.89. The van der Waals surface area contributed by atoms with E-state index in [4.69, 9.17) is 5.11 Å². The minimum Gasteiger partial charge on any atom is -0.481 e. The van der Waals surface area contributed by atoms with Gasteiger partial charge in [0.25, 0.3) is 6.43 Å². The molecular formula is C14H16F2N2O4S. The Labute approximate surface area is 131 Å². The van der Waals surface area contributed by atoms with Gasteiger partial charge < -0.3 is 9.67 Å². The highest BCUT2D eigenvalue weighted by Crippen LogP contribution is 2.25. The summed E-state index contributed by atoms with van der Waals surface area (Å²) in [7, 11) is -2.51. The summed E-state index contributed by atoms with van der Waals surface area (Å²) in [5, 5.41) is 9.37. The minimum atomic E-state index is -4.29. The molecule has 1 aromatic heterocycles. The molecular weight excluding hydrogens is 330 g/mol. The van der Waals surface area contributed by atoms with Gasteiger partial charge in [-0.1, -0.05) is 0 Å². The maximum Gasteiger partial charge on any atom is 0.305 e. The number of fused-ring (bicyclic) bond motifs is 1. The van der Waals surface area contributed by atoms with E-state index in [0.717, 1.165) is 12.4 Å². The summed E-state index contributed by atoms with van der Waals surface area (Å²) >= 11 is 0. The van der Waals surface area contributed by atoms with Gasteiger partial charge in [0.05, 0.1) is 11.3 Å². The van der Waals surface area contributed by atoms with Crippen molar-refractivity contribution >= 4 is 26.9 Å². The Bertz CT molecular complexity index is 848. The molecule has 6 nitrogen and oxygen atoms in total. The molecule has 0 saturated heterocycles. The molecule has 126 valence electrons. The van der Waals surface area contributed by atoms with Crippen molar-refractivity contribution in [2.45, 2.75) is 30.2 Å². The normalized spacial score (nSPS) is 15.0. The summed E-state index contributed by atoms with van der Waals surface area (Å²) in [4.78, 5) is 10.5. The van der Waals surface area contributed by atoms with Gasteiger partial charge in [0.1, 0.15) is 5.54 Å². The van der Waals surface area contributed by atoms with Gasteiger partial charge in [-0.3, -0.25) is 4.79 Å². The van der Waals surface area contributed by atoms with Crippen molar-refractivity contribution in [1.29, 1.82) is 0 Å². The molecule has 0 aliphatic rings. The first-order valence-electron chi connectivity index (χ1n) is 6.64. The Hall–Kier alpha value is -2.00. The van der Waals surface area contributed by atoms with Crippen LogP contribution in [-0.4, -0.2) is 36.0 Å². The summed E-state index contributed by atoms with van der Waals surface area (Å²) in [5.74, 6) is -1.52. The number of hydrogen-bond acceptors (Lipinski definition) is 3. The Balaban J connectivity index is 2.40. The summed E-state index contributed by atoms with van der Waals surface area (Å²) in [6.45, 7) is 0.865. The molecule has 1 aromatic carbocycles. The maximum atomic E-state index is 13.2. The van der Waals surface area contributed by atoms with Crippen LogP contribution in [0.1, 0.15) is 13.3 Å². The molecule has 0 spiro atoms. The molecule has 23 heavy (non-hydrogen) atoms. The number of carboxylic acids is 1. The Kier molecular flexibility index (Phi) is 4.45. The van der Waals surface area contributed by atoms with Crippen LogP contribution in [0.4, 0.5) is 8.78 Å². The number of carboxylic acid groups (broad SMARTS) is 1. The van der Waals surface area contributed by atoms with E-state index in [1.165, 1.54) is 12.1 Å². The second-order valence-electron chi connectivity index (χ2n) is 5.54. The first kappa shape index (κ1) is 17.4. The number of rotatable bonds is 6. The number of carbonyl (C=O) groups is 1. The van der Waals surface area contributed by atoms with Crippen molar-refractivity contribution in [3.8, 4) is 0 Å². The third kappa shape index (κ3) is 3.50. The van der Waals surface area contributed by atoms with Crippen LogP contribution in [0.3, 0.4) is 0 Å². The van der Waals surface area contributed by atoms with E-state index in [2.05, 4.69) is 0 Å². The quantitative estimate of drug-likeness (QED) is 0.837. The van der Waals surface area contributed by atoms with Crippen LogP contribution in [0.5, 0.6) is 0 Å². The Morgan fingerprint density at radius 2 is 2.04 bits per heavy atom. The number of hydrogen-bond donors (Lipinski definition) is 2. The fraction of sp³-hybridized carbons (Fsp3) is 0.357. The van der Waals surface area contributed by atoms with Crippen LogP contribution in [0.25, 0.3) is 10.9 Å². The first-order valence-corrected chi connectivity index (χ1v) is 8.12. The molecule has 0 aliphatic carbocycles. The van der Waals surface area contributed by atoms with Crippen molar-refractivity contribution in [2.24, 2.45) is 7.05 Å². The minimum absolute atomic E-state index is 0.200. The molecule has 0 fully saturated rings. The van der Waals surface area contributed by atoms with E-state index in [1.807, 2.05) is 4.72 Å². The SMILES string of the molecule is Cn1ccc2cc(S(=O)(=O)NC(C)(CC(=O)O)C(F)F)ccc21. The molecule has 2 N–H and O–H groups in total. The average molecular weight is 346 g/mol. The standard InChI is InChI=1S/C14H16F2N2O4S/c1-14(13(15)16,8-12(19)20)17-23(21,22)10-3-4-11-9(7-10)5-6-18(11)2/h3-7,13,17H,8H2,1-2H3,(H,19,20). The number of sulfonamides is 1. The van der Waals surface area contributed by atoms with Crippen LogP contribution in [0.2, 0.25) is 0 Å². The Morgan fingerprint density at radius 1 is 1.39 bits per heavy atom. The lowest BCUT2D eigenvalue weighted by atomic mass is 10.0. The Morgan fingerprint density at radius 3 is 2.61 bits per heavy atom. The summed E-state index contributed by atoms with van der Waals surface area (Å²) < 4.78 is 54.6. The van der Waals surface area contributed by atoms with Gasteiger partial charge in [0.2, 0.25) is 10.0 Å². The number of halogens is 2. The predicted octanol–water partition coefficient (Wildman–Crippen LogP) is 1.96. The van der Waals surface area contributed by atoms with Gasteiger partial charge >= 0.3 is 5.97 Å². The van der Waals surface area contributed by atoms with Crippen LogP contribution >= 0.6 is 0 Å². The molecule has 2 rings (SSSR count).